The summed E-state index contributed by atoms with van der Waals surface area (Å²) in [5.74, 6) is -0.954. The van der Waals surface area contributed by atoms with Crippen LogP contribution < -0.4 is 0 Å². The van der Waals surface area contributed by atoms with Gasteiger partial charge in [-0.3, -0.25) is 14.4 Å². The highest BCUT2D eigenvalue weighted by Crippen LogP contribution is 2.13. The summed E-state index contributed by atoms with van der Waals surface area (Å²) < 4.78 is 16.8. The van der Waals surface area contributed by atoms with Crippen LogP contribution in [-0.2, 0) is 28.6 Å². The van der Waals surface area contributed by atoms with Crippen molar-refractivity contribution in [2.45, 2.75) is 245 Å². The van der Waals surface area contributed by atoms with Crippen molar-refractivity contribution < 1.29 is 28.6 Å². The Hall–Kier alpha value is -3.67. The van der Waals surface area contributed by atoms with Gasteiger partial charge in [-0.2, -0.15) is 0 Å². The topological polar surface area (TPSA) is 78.9 Å². The van der Waals surface area contributed by atoms with Crippen molar-refractivity contribution in [1.29, 1.82) is 0 Å². The van der Waals surface area contributed by atoms with Crippen molar-refractivity contribution in [3.8, 4) is 0 Å². The van der Waals surface area contributed by atoms with Crippen LogP contribution in [0.4, 0.5) is 0 Å². The van der Waals surface area contributed by atoms with Crippen LogP contribution in [0.15, 0.2) is 97.2 Å². The van der Waals surface area contributed by atoms with Crippen LogP contribution in [0, 0.1) is 0 Å². The number of hydrogen-bond donors (Lipinski definition) is 0. The monoisotopic (exact) mass is 903 g/mol. The van der Waals surface area contributed by atoms with E-state index in [0.717, 1.165) is 148 Å². The van der Waals surface area contributed by atoms with Gasteiger partial charge in [0, 0.05) is 19.3 Å². The molecule has 6 heteroatoms. The zero-order chi connectivity index (χ0) is 47.2. The van der Waals surface area contributed by atoms with Gasteiger partial charge >= 0.3 is 17.9 Å². The fourth-order valence-corrected chi connectivity index (χ4v) is 7.02. The highest BCUT2D eigenvalue weighted by atomic mass is 16.6. The van der Waals surface area contributed by atoms with E-state index in [2.05, 4.69) is 118 Å². The Bertz CT molecular complexity index is 1310. The van der Waals surface area contributed by atoms with Gasteiger partial charge in [-0.1, -0.05) is 195 Å². The molecule has 0 aromatic heterocycles. The number of hydrogen-bond acceptors (Lipinski definition) is 6. The van der Waals surface area contributed by atoms with E-state index in [1.165, 1.54) is 51.4 Å². The van der Waals surface area contributed by atoms with E-state index in [9.17, 15) is 14.4 Å². The first-order chi connectivity index (χ1) is 32.0. The smallest absolute Gasteiger partial charge is 0.306 e. The van der Waals surface area contributed by atoms with Crippen LogP contribution in [-0.4, -0.2) is 37.2 Å². The van der Waals surface area contributed by atoms with Gasteiger partial charge in [0.05, 0.1) is 0 Å². The molecule has 0 bridgehead atoms. The van der Waals surface area contributed by atoms with Gasteiger partial charge < -0.3 is 14.2 Å². The molecule has 370 valence electrons. The van der Waals surface area contributed by atoms with E-state index in [1.54, 1.807) is 0 Å². The van der Waals surface area contributed by atoms with E-state index in [1.807, 2.05) is 0 Å². The lowest BCUT2D eigenvalue weighted by atomic mass is 10.1. The largest absolute Gasteiger partial charge is 0.462 e. The summed E-state index contributed by atoms with van der Waals surface area (Å²) >= 11 is 0. The van der Waals surface area contributed by atoms with Gasteiger partial charge in [0.25, 0.3) is 0 Å². The third-order valence-corrected chi connectivity index (χ3v) is 11.0. The summed E-state index contributed by atoms with van der Waals surface area (Å²) in [6.45, 7) is 6.42. The zero-order valence-electron chi connectivity index (χ0n) is 42.2. The lowest BCUT2D eigenvalue weighted by molar-refractivity contribution is -0.167. The molecule has 0 saturated heterocycles. The number of ether oxygens (including phenoxy) is 3. The van der Waals surface area contributed by atoms with E-state index >= 15 is 0 Å². The van der Waals surface area contributed by atoms with Crippen molar-refractivity contribution >= 4 is 17.9 Å². The molecule has 0 unspecified atom stereocenters. The molecule has 0 heterocycles. The Kier molecular flexibility index (Phi) is 50.0. The molecule has 6 nitrogen and oxygen atoms in total. The minimum absolute atomic E-state index is 0.100. The van der Waals surface area contributed by atoms with E-state index in [-0.39, 0.29) is 31.1 Å². The highest BCUT2D eigenvalue weighted by Gasteiger charge is 2.19. The van der Waals surface area contributed by atoms with Crippen LogP contribution >= 0.6 is 0 Å². The van der Waals surface area contributed by atoms with Crippen molar-refractivity contribution in [3.63, 3.8) is 0 Å². The average molecular weight is 903 g/mol. The molecule has 0 N–H and O–H groups in total. The van der Waals surface area contributed by atoms with Crippen molar-refractivity contribution in [1.82, 2.24) is 0 Å². The molecule has 0 aromatic carbocycles. The van der Waals surface area contributed by atoms with E-state index in [4.69, 9.17) is 14.2 Å². The molecule has 0 radical (unpaired) electrons. The van der Waals surface area contributed by atoms with Gasteiger partial charge in [0.2, 0.25) is 0 Å². The molecular formula is C59H98O6. The Morgan fingerprint density at radius 3 is 0.938 bits per heavy atom. The quantitative estimate of drug-likeness (QED) is 0.0262. The maximum Gasteiger partial charge on any atom is 0.306 e. The maximum atomic E-state index is 12.8. The summed E-state index contributed by atoms with van der Waals surface area (Å²) in [7, 11) is 0. The molecule has 0 rings (SSSR count). The number of allylic oxidation sites excluding steroid dienone is 16. The average Bonchev–Trinajstić information content (AvgIpc) is 3.30. The van der Waals surface area contributed by atoms with Crippen molar-refractivity contribution in [2.75, 3.05) is 13.2 Å². The second-order valence-electron chi connectivity index (χ2n) is 17.4. The van der Waals surface area contributed by atoms with Crippen LogP contribution in [0.25, 0.3) is 0 Å². The van der Waals surface area contributed by atoms with Gasteiger partial charge in [0.1, 0.15) is 13.2 Å². The minimum Gasteiger partial charge on any atom is -0.462 e. The lowest BCUT2D eigenvalue weighted by Gasteiger charge is -2.18. The third kappa shape index (κ3) is 51.2. The molecule has 0 aliphatic rings. The minimum atomic E-state index is -0.803. The Balaban J connectivity index is 4.49. The van der Waals surface area contributed by atoms with Crippen LogP contribution in [0.1, 0.15) is 239 Å². The first-order valence-electron chi connectivity index (χ1n) is 26.7. The zero-order valence-corrected chi connectivity index (χ0v) is 42.2. The van der Waals surface area contributed by atoms with Crippen LogP contribution in [0.3, 0.4) is 0 Å². The number of unbranched alkanes of at least 4 members (excludes halogenated alkanes) is 20. The maximum absolute atomic E-state index is 12.8. The molecule has 0 amide bonds. The molecule has 0 spiro atoms. The Morgan fingerprint density at radius 2 is 0.600 bits per heavy atom. The van der Waals surface area contributed by atoms with Gasteiger partial charge in [-0.05, 0) is 122 Å². The molecule has 0 aromatic rings. The summed E-state index contributed by atoms with van der Waals surface area (Å²) in [6.07, 6.45) is 69.5. The summed E-state index contributed by atoms with van der Waals surface area (Å²) in [6, 6.07) is 0. The molecular weight excluding hydrogens is 805 g/mol. The van der Waals surface area contributed by atoms with Crippen molar-refractivity contribution in [3.05, 3.63) is 97.2 Å². The molecule has 65 heavy (non-hydrogen) atoms. The van der Waals surface area contributed by atoms with Crippen LogP contribution in [0.2, 0.25) is 0 Å². The SMILES string of the molecule is CC/C=C/C/C=C/C/C=C/CCCCCCCC(=O)O[C@@H](COC(=O)CCCCCC/C=C/C/C=C/C/C=C/CCCCC)COC(=O)CCCCCCC/C=C/C/C=C/CCCCC. The fourth-order valence-electron chi connectivity index (χ4n) is 7.02. The van der Waals surface area contributed by atoms with Gasteiger partial charge in [-0.25, -0.2) is 0 Å². The van der Waals surface area contributed by atoms with Gasteiger partial charge in [0.15, 0.2) is 6.10 Å². The Labute approximate surface area is 400 Å². The number of esters is 3. The standard InChI is InChI=1S/C59H98O6/c1-4-7-10-13-16-19-22-25-28-29-32-34-37-40-43-46-49-52-58(61)64-55-56(65-59(62)53-50-47-44-41-38-35-31-27-24-21-18-15-12-9-6-3)54-63-57(60)51-48-45-42-39-36-33-30-26-23-20-17-14-11-8-5-2/h9,12,16-21,25-28,30-32,34,56H,4-8,10-11,13-15,22-24,29,33,35-55H2,1-3H3/b12-9+,19-16+,20-17+,21-18+,28-25+,30-26+,31-27+,34-32+/t56-/m1/s1. The van der Waals surface area contributed by atoms with E-state index < -0.39 is 6.10 Å². The summed E-state index contributed by atoms with van der Waals surface area (Å²) in [5, 5.41) is 0. The summed E-state index contributed by atoms with van der Waals surface area (Å²) in [5.41, 5.74) is 0. The van der Waals surface area contributed by atoms with E-state index in [0.29, 0.717) is 19.3 Å². The lowest BCUT2D eigenvalue weighted by Crippen LogP contribution is -2.30. The molecule has 1 atom stereocenters. The number of carbonyl (C=O) groups is 3. The molecule has 0 saturated carbocycles. The molecule has 0 aliphatic heterocycles. The fraction of sp³-hybridized carbons (Fsp3) is 0.678. The predicted octanol–water partition coefficient (Wildman–Crippen LogP) is 17.8. The number of carbonyl (C=O) groups excluding carboxylic acids is 3. The summed E-state index contributed by atoms with van der Waals surface area (Å²) in [4.78, 5) is 38.0. The molecule has 0 aliphatic carbocycles. The second kappa shape index (κ2) is 52.9. The molecule has 0 fully saturated rings. The first kappa shape index (κ1) is 61.3. The number of rotatable bonds is 47. The second-order valence-corrected chi connectivity index (χ2v) is 17.4. The van der Waals surface area contributed by atoms with Crippen LogP contribution in [0.5, 0.6) is 0 Å². The van der Waals surface area contributed by atoms with Gasteiger partial charge in [-0.15, -0.1) is 0 Å². The third-order valence-electron chi connectivity index (χ3n) is 11.0. The predicted molar refractivity (Wildman–Crippen MR) is 279 cm³/mol. The normalized spacial score (nSPS) is 12.8. The first-order valence-corrected chi connectivity index (χ1v) is 26.7. The highest BCUT2D eigenvalue weighted by molar-refractivity contribution is 5.71. The Morgan fingerprint density at radius 1 is 0.323 bits per heavy atom. The van der Waals surface area contributed by atoms with Crippen molar-refractivity contribution in [2.24, 2.45) is 0 Å².